The molecule has 0 saturated carbocycles. The lowest BCUT2D eigenvalue weighted by molar-refractivity contribution is -0.140. The predicted molar refractivity (Wildman–Crippen MR) is 53.9 cm³/mol. The van der Waals surface area contributed by atoms with Crippen molar-refractivity contribution in [2.24, 2.45) is 5.92 Å². The Bertz CT molecular complexity index is 203. The zero-order chi connectivity index (χ0) is 10.4. The molecule has 0 N–H and O–H groups in total. The molecule has 0 spiro atoms. The Morgan fingerprint density at radius 3 is 3.00 bits per heavy atom. The van der Waals surface area contributed by atoms with Gasteiger partial charge in [0, 0.05) is 18.8 Å². The Morgan fingerprint density at radius 1 is 1.50 bits per heavy atom. The smallest absolute Gasteiger partial charge is 0.333 e. The Morgan fingerprint density at radius 2 is 2.29 bits per heavy atom. The van der Waals surface area contributed by atoms with Crippen LogP contribution in [-0.2, 0) is 14.3 Å². The van der Waals surface area contributed by atoms with E-state index >= 15 is 0 Å². The van der Waals surface area contributed by atoms with Crippen molar-refractivity contribution in [3.63, 3.8) is 0 Å². The summed E-state index contributed by atoms with van der Waals surface area (Å²) in [4.78, 5) is 11.1. The molecule has 1 saturated heterocycles. The van der Waals surface area contributed by atoms with Gasteiger partial charge in [-0.05, 0) is 32.1 Å². The van der Waals surface area contributed by atoms with Crippen LogP contribution in [0.4, 0.5) is 0 Å². The highest BCUT2D eigenvalue weighted by molar-refractivity contribution is 5.86. The summed E-state index contributed by atoms with van der Waals surface area (Å²) in [5.74, 6) is 0.177. The molecule has 80 valence electrons. The van der Waals surface area contributed by atoms with Crippen molar-refractivity contribution in [1.82, 2.24) is 0 Å². The van der Waals surface area contributed by atoms with Crippen molar-refractivity contribution in [2.45, 2.75) is 26.2 Å². The van der Waals surface area contributed by atoms with Gasteiger partial charge >= 0.3 is 5.97 Å². The normalized spacial score (nSPS) is 22.5. The van der Waals surface area contributed by atoms with E-state index in [4.69, 9.17) is 9.47 Å². The van der Waals surface area contributed by atoms with Gasteiger partial charge in [-0.3, -0.25) is 0 Å². The monoisotopic (exact) mass is 198 g/mol. The largest absolute Gasteiger partial charge is 0.462 e. The standard InChI is InChI=1S/C11H18O3/c1-9(2)11(12)14-8-10-4-3-6-13-7-5-10/h10H,1,3-8H2,2H3. The Balaban J connectivity index is 2.22. The van der Waals surface area contributed by atoms with Gasteiger partial charge < -0.3 is 9.47 Å². The third kappa shape index (κ3) is 3.92. The Hall–Kier alpha value is -0.830. The first-order valence-electron chi connectivity index (χ1n) is 5.10. The van der Waals surface area contributed by atoms with Crippen LogP contribution >= 0.6 is 0 Å². The van der Waals surface area contributed by atoms with E-state index in [2.05, 4.69) is 6.58 Å². The van der Waals surface area contributed by atoms with Gasteiger partial charge in [-0.25, -0.2) is 4.79 Å². The first-order chi connectivity index (χ1) is 6.70. The number of carbonyl (C=O) groups is 1. The van der Waals surface area contributed by atoms with Gasteiger partial charge in [0.1, 0.15) is 0 Å². The summed E-state index contributed by atoms with van der Waals surface area (Å²) in [6.07, 6.45) is 3.14. The summed E-state index contributed by atoms with van der Waals surface area (Å²) >= 11 is 0. The average Bonchev–Trinajstić information content (AvgIpc) is 2.42. The molecule has 1 fully saturated rings. The van der Waals surface area contributed by atoms with E-state index in [9.17, 15) is 4.79 Å². The number of hydrogen-bond donors (Lipinski definition) is 0. The van der Waals surface area contributed by atoms with Gasteiger partial charge in [-0.2, -0.15) is 0 Å². The van der Waals surface area contributed by atoms with E-state index in [1.165, 1.54) is 0 Å². The second kappa shape index (κ2) is 5.81. The maximum atomic E-state index is 11.1. The van der Waals surface area contributed by atoms with Crippen LogP contribution in [0.15, 0.2) is 12.2 Å². The predicted octanol–water partition coefficient (Wildman–Crippen LogP) is 1.92. The molecule has 3 nitrogen and oxygen atoms in total. The number of ether oxygens (including phenoxy) is 2. The van der Waals surface area contributed by atoms with Crippen molar-refractivity contribution in [3.05, 3.63) is 12.2 Å². The lowest BCUT2D eigenvalue weighted by Gasteiger charge is -2.13. The molecule has 0 aromatic rings. The summed E-state index contributed by atoms with van der Waals surface area (Å²) in [7, 11) is 0. The minimum atomic E-state index is -0.282. The number of carbonyl (C=O) groups excluding carboxylic acids is 1. The van der Waals surface area contributed by atoms with Gasteiger partial charge in [0.05, 0.1) is 6.61 Å². The highest BCUT2D eigenvalue weighted by atomic mass is 16.5. The molecule has 1 heterocycles. The van der Waals surface area contributed by atoms with Crippen LogP contribution < -0.4 is 0 Å². The van der Waals surface area contributed by atoms with Crippen LogP contribution in [0.3, 0.4) is 0 Å². The van der Waals surface area contributed by atoms with Crippen molar-refractivity contribution in [1.29, 1.82) is 0 Å². The fourth-order valence-electron chi connectivity index (χ4n) is 1.45. The highest BCUT2D eigenvalue weighted by Crippen LogP contribution is 2.16. The van der Waals surface area contributed by atoms with Crippen molar-refractivity contribution < 1.29 is 14.3 Å². The zero-order valence-corrected chi connectivity index (χ0v) is 8.75. The maximum absolute atomic E-state index is 11.1. The van der Waals surface area contributed by atoms with E-state index in [0.29, 0.717) is 18.1 Å². The fourth-order valence-corrected chi connectivity index (χ4v) is 1.45. The van der Waals surface area contributed by atoms with Gasteiger partial charge in [-0.15, -0.1) is 0 Å². The molecule has 0 radical (unpaired) electrons. The zero-order valence-electron chi connectivity index (χ0n) is 8.75. The van der Waals surface area contributed by atoms with Crippen LogP contribution in [0, 0.1) is 5.92 Å². The molecule has 0 bridgehead atoms. The first kappa shape index (κ1) is 11.2. The molecule has 3 heteroatoms. The van der Waals surface area contributed by atoms with E-state index < -0.39 is 0 Å². The second-order valence-corrected chi connectivity index (χ2v) is 3.79. The molecule has 0 aromatic heterocycles. The second-order valence-electron chi connectivity index (χ2n) is 3.79. The van der Waals surface area contributed by atoms with Gasteiger partial charge in [0.25, 0.3) is 0 Å². The van der Waals surface area contributed by atoms with Crippen LogP contribution in [-0.4, -0.2) is 25.8 Å². The molecular formula is C11H18O3. The summed E-state index contributed by atoms with van der Waals surface area (Å²) in [6.45, 7) is 7.34. The van der Waals surface area contributed by atoms with Gasteiger partial charge in [0.2, 0.25) is 0 Å². The summed E-state index contributed by atoms with van der Waals surface area (Å²) < 4.78 is 10.4. The van der Waals surface area contributed by atoms with Crippen molar-refractivity contribution >= 4 is 5.97 Å². The molecule has 1 aliphatic rings. The minimum Gasteiger partial charge on any atom is -0.462 e. The van der Waals surface area contributed by atoms with Gasteiger partial charge in [0.15, 0.2) is 0 Å². The van der Waals surface area contributed by atoms with Crippen molar-refractivity contribution in [2.75, 3.05) is 19.8 Å². The fraction of sp³-hybridized carbons (Fsp3) is 0.727. The first-order valence-corrected chi connectivity index (χ1v) is 5.10. The molecule has 1 rings (SSSR count). The molecule has 1 aliphatic heterocycles. The number of hydrogen-bond acceptors (Lipinski definition) is 3. The third-order valence-corrected chi connectivity index (χ3v) is 2.37. The number of esters is 1. The van der Waals surface area contributed by atoms with Crippen LogP contribution in [0.25, 0.3) is 0 Å². The molecular weight excluding hydrogens is 180 g/mol. The summed E-state index contributed by atoms with van der Waals surface area (Å²) in [6, 6.07) is 0. The van der Waals surface area contributed by atoms with E-state index in [1.54, 1.807) is 6.92 Å². The van der Waals surface area contributed by atoms with Gasteiger partial charge in [-0.1, -0.05) is 6.58 Å². The van der Waals surface area contributed by atoms with Crippen LogP contribution in [0.2, 0.25) is 0 Å². The molecule has 0 aliphatic carbocycles. The van der Waals surface area contributed by atoms with Crippen LogP contribution in [0.5, 0.6) is 0 Å². The Kier molecular flexibility index (Phi) is 4.66. The lowest BCUT2D eigenvalue weighted by atomic mass is 10.0. The molecule has 14 heavy (non-hydrogen) atoms. The summed E-state index contributed by atoms with van der Waals surface area (Å²) in [5.41, 5.74) is 0.467. The molecule has 1 atom stereocenters. The average molecular weight is 198 g/mol. The SMILES string of the molecule is C=C(C)C(=O)OCC1CCCOCC1. The van der Waals surface area contributed by atoms with Crippen LogP contribution in [0.1, 0.15) is 26.2 Å². The molecule has 1 unspecified atom stereocenters. The van der Waals surface area contributed by atoms with Crippen molar-refractivity contribution in [3.8, 4) is 0 Å². The topological polar surface area (TPSA) is 35.5 Å². The molecule has 0 aromatic carbocycles. The van der Waals surface area contributed by atoms with E-state index in [0.717, 1.165) is 32.5 Å². The quantitative estimate of drug-likeness (QED) is 0.513. The Labute approximate surface area is 85.1 Å². The van der Waals surface area contributed by atoms with E-state index in [1.807, 2.05) is 0 Å². The third-order valence-electron chi connectivity index (χ3n) is 2.37. The number of rotatable bonds is 3. The van der Waals surface area contributed by atoms with E-state index in [-0.39, 0.29) is 5.97 Å². The molecule has 0 amide bonds. The maximum Gasteiger partial charge on any atom is 0.333 e. The highest BCUT2D eigenvalue weighted by Gasteiger charge is 2.14. The summed E-state index contributed by atoms with van der Waals surface area (Å²) in [5, 5.41) is 0. The minimum absolute atomic E-state index is 0.282. The lowest BCUT2D eigenvalue weighted by Crippen LogP contribution is -2.14.